The van der Waals surface area contributed by atoms with Gasteiger partial charge in [-0.1, -0.05) is 4.32 Å². The van der Waals surface area contributed by atoms with Gasteiger partial charge in [0.2, 0.25) is 0 Å². The number of nitrogens with one attached hydrogen (secondary N) is 2. The van der Waals surface area contributed by atoms with Crippen LogP contribution in [0.25, 0.3) is 0 Å². The van der Waals surface area contributed by atoms with E-state index < -0.39 is 0 Å². The number of hydrogen-bond donors (Lipinski definition) is 3. The number of hydrogen-bond acceptors (Lipinski definition) is 3. The molecule has 0 spiro atoms. The summed E-state index contributed by atoms with van der Waals surface area (Å²) < 4.78 is 0.434. The zero-order valence-corrected chi connectivity index (χ0v) is 13.1. The standard InChI is InChI=1S/C6H13NOS2.C6H15N/c8-5-3-1-2-4-7-6(9)10;1-4-7(5-2)6-3/h8H,1-5H2,(H2,7,9,10);4-6H2,1-3H3. The van der Waals surface area contributed by atoms with E-state index in [9.17, 15) is 0 Å². The van der Waals surface area contributed by atoms with E-state index in [0.717, 1.165) is 25.8 Å². The van der Waals surface area contributed by atoms with Crippen LogP contribution in [0, 0.1) is 0 Å². The van der Waals surface area contributed by atoms with Crippen LogP contribution in [-0.4, -0.2) is 42.2 Å². The molecule has 0 saturated carbocycles. The average Bonchev–Trinajstić information content (AvgIpc) is 2.31. The third-order valence-corrected chi connectivity index (χ3v) is 2.89. The molecule has 0 fully saturated rings. The third kappa shape index (κ3) is 18.6. The molecule has 0 aromatic rings. The van der Waals surface area contributed by atoms with Gasteiger partial charge in [0.25, 0.3) is 0 Å². The molecule has 0 atom stereocenters. The SMILES string of the molecule is CC[NH+](CC)CC.OCCCCCNC(=S)[S-]. The van der Waals surface area contributed by atoms with Gasteiger partial charge in [-0.15, -0.1) is 0 Å². The van der Waals surface area contributed by atoms with Crippen LogP contribution in [0.4, 0.5) is 0 Å². The molecule has 0 amide bonds. The minimum atomic E-state index is 0.276. The molecule has 0 bridgehead atoms. The quantitative estimate of drug-likeness (QED) is 0.344. The van der Waals surface area contributed by atoms with E-state index in [4.69, 9.17) is 5.11 Å². The molecule has 0 aromatic carbocycles. The Morgan fingerprint density at radius 2 is 1.65 bits per heavy atom. The lowest BCUT2D eigenvalue weighted by Gasteiger charge is -2.10. The predicted molar refractivity (Wildman–Crippen MR) is 81.5 cm³/mol. The molecule has 17 heavy (non-hydrogen) atoms. The van der Waals surface area contributed by atoms with E-state index in [1.165, 1.54) is 19.6 Å². The van der Waals surface area contributed by atoms with Crippen LogP contribution in [-0.2, 0) is 12.6 Å². The Bertz CT molecular complexity index is 159. The van der Waals surface area contributed by atoms with Crippen LogP contribution in [0.15, 0.2) is 0 Å². The second-order valence-electron chi connectivity index (χ2n) is 3.81. The topological polar surface area (TPSA) is 36.7 Å². The molecular formula is C12H28N2OS2. The summed E-state index contributed by atoms with van der Waals surface area (Å²) in [5.41, 5.74) is 0. The zero-order chi connectivity index (χ0) is 13.5. The van der Waals surface area contributed by atoms with E-state index in [2.05, 4.69) is 50.9 Å². The summed E-state index contributed by atoms with van der Waals surface area (Å²) in [6, 6.07) is 0. The van der Waals surface area contributed by atoms with E-state index >= 15 is 0 Å². The Morgan fingerprint density at radius 3 is 1.94 bits per heavy atom. The largest absolute Gasteiger partial charge is 0.412 e. The highest BCUT2D eigenvalue weighted by Crippen LogP contribution is 1.91. The first-order chi connectivity index (χ1) is 8.12. The van der Waals surface area contributed by atoms with Gasteiger partial charge in [-0.3, -0.25) is 0 Å². The number of rotatable bonds is 8. The van der Waals surface area contributed by atoms with E-state index in [0.29, 0.717) is 4.32 Å². The molecular weight excluding hydrogens is 252 g/mol. The van der Waals surface area contributed by atoms with Crippen molar-refractivity contribution in [2.75, 3.05) is 32.8 Å². The van der Waals surface area contributed by atoms with Gasteiger partial charge in [0.15, 0.2) is 0 Å². The Kier molecular flexibility index (Phi) is 18.3. The second-order valence-corrected chi connectivity index (χ2v) is 4.88. The highest BCUT2D eigenvalue weighted by atomic mass is 32.1. The van der Waals surface area contributed by atoms with E-state index in [-0.39, 0.29) is 6.61 Å². The first kappa shape index (κ1) is 19.4. The summed E-state index contributed by atoms with van der Waals surface area (Å²) in [6.45, 7) is 11.6. The molecule has 0 aliphatic carbocycles. The van der Waals surface area contributed by atoms with Gasteiger partial charge in [0.05, 0.1) is 19.6 Å². The Labute approximate surface area is 117 Å². The van der Waals surface area contributed by atoms with Gasteiger partial charge in [0.1, 0.15) is 0 Å². The Hall–Kier alpha value is 0.0300. The van der Waals surface area contributed by atoms with Crippen LogP contribution >= 0.6 is 12.2 Å². The van der Waals surface area contributed by atoms with Gasteiger partial charge < -0.3 is 40.2 Å². The van der Waals surface area contributed by atoms with Gasteiger partial charge in [-0.25, -0.2) is 0 Å². The molecule has 5 heteroatoms. The van der Waals surface area contributed by atoms with Crippen LogP contribution in [0.5, 0.6) is 0 Å². The Balaban J connectivity index is 0. The second kappa shape index (κ2) is 16.0. The monoisotopic (exact) mass is 280 g/mol. The zero-order valence-electron chi connectivity index (χ0n) is 11.4. The molecule has 3 nitrogen and oxygen atoms in total. The number of quaternary nitrogens is 1. The fraction of sp³-hybridized carbons (Fsp3) is 0.917. The van der Waals surface area contributed by atoms with Crippen LogP contribution < -0.4 is 10.2 Å². The average molecular weight is 281 g/mol. The van der Waals surface area contributed by atoms with E-state index in [1.54, 1.807) is 4.90 Å². The number of thiocarbonyl (C=S) groups is 1. The number of aliphatic hydroxyl groups excluding tert-OH is 1. The smallest absolute Gasteiger partial charge is 0.0742 e. The minimum Gasteiger partial charge on any atom is -0.412 e. The van der Waals surface area contributed by atoms with Crippen molar-refractivity contribution in [2.45, 2.75) is 40.0 Å². The first-order valence-corrected chi connectivity index (χ1v) is 7.33. The van der Waals surface area contributed by atoms with Crippen molar-refractivity contribution < 1.29 is 10.0 Å². The summed E-state index contributed by atoms with van der Waals surface area (Å²) in [6.07, 6.45) is 2.92. The summed E-state index contributed by atoms with van der Waals surface area (Å²) in [4.78, 5) is 1.68. The first-order valence-electron chi connectivity index (χ1n) is 6.51. The molecule has 3 N–H and O–H groups in total. The predicted octanol–water partition coefficient (Wildman–Crippen LogP) is 0.501. The van der Waals surface area contributed by atoms with Crippen LogP contribution in [0.1, 0.15) is 40.0 Å². The molecule has 0 radical (unpaired) electrons. The van der Waals surface area contributed by atoms with Crippen LogP contribution in [0.2, 0.25) is 0 Å². The van der Waals surface area contributed by atoms with E-state index in [1.807, 2.05) is 0 Å². The number of unbranched alkanes of at least 4 members (excludes halogenated alkanes) is 2. The third-order valence-electron chi connectivity index (χ3n) is 2.60. The minimum absolute atomic E-state index is 0.276. The van der Waals surface area contributed by atoms with Gasteiger partial charge in [0, 0.05) is 13.2 Å². The van der Waals surface area contributed by atoms with Crippen molar-refractivity contribution in [3.05, 3.63) is 0 Å². The molecule has 0 aliphatic heterocycles. The van der Waals surface area contributed by atoms with Crippen molar-refractivity contribution in [1.29, 1.82) is 0 Å². The van der Waals surface area contributed by atoms with Gasteiger partial charge in [-0.2, -0.15) is 0 Å². The van der Waals surface area contributed by atoms with Crippen molar-refractivity contribution in [3.63, 3.8) is 0 Å². The molecule has 0 heterocycles. The highest BCUT2D eigenvalue weighted by molar-refractivity contribution is 8.00. The number of aliphatic hydroxyl groups is 1. The van der Waals surface area contributed by atoms with Crippen LogP contribution in [0.3, 0.4) is 0 Å². The normalized spacial score (nSPS) is 9.71. The lowest BCUT2D eigenvalue weighted by atomic mass is 10.2. The molecule has 0 aliphatic rings. The van der Waals surface area contributed by atoms with Crippen molar-refractivity contribution in [2.24, 2.45) is 0 Å². The summed E-state index contributed by atoms with van der Waals surface area (Å²) >= 11 is 9.26. The van der Waals surface area contributed by atoms with Crippen molar-refractivity contribution in [1.82, 2.24) is 5.32 Å². The lowest BCUT2D eigenvalue weighted by Crippen LogP contribution is -3.11. The molecule has 0 unspecified atom stereocenters. The maximum absolute atomic E-state index is 8.41. The maximum Gasteiger partial charge on any atom is 0.0742 e. The lowest BCUT2D eigenvalue weighted by molar-refractivity contribution is -0.894. The van der Waals surface area contributed by atoms with Gasteiger partial charge >= 0.3 is 0 Å². The highest BCUT2D eigenvalue weighted by Gasteiger charge is 1.92. The molecule has 0 aromatic heterocycles. The Morgan fingerprint density at radius 1 is 1.12 bits per heavy atom. The summed E-state index contributed by atoms with van der Waals surface area (Å²) in [5.74, 6) is 0. The maximum atomic E-state index is 8.41. The fourth-order valence-electron chi connectivity index (χ4n) is 1.35. The van der Waals surface area contributed by atoms with Gasteiger partial charge in [-0.05, 0) is 40.0 Å². The fourth-order valence-corrected chi connectivity index (χ4v) is 1.56. The van der Waals surface area contributed by atoms with Crippen molar-refractivity contribution >= 4 is 29.2 Å². The molecule has 0 saturated heterocycles. The summed E-state index contributed by atoms with van der Waals surface area (Å²) in [5, 5.41) is 11.3. The molecule has 0 rings (SSSR count). The summed E-state index contributed by atoms with van der Waals surface area (Å²) in [7, 11) is 0. The molecule has 104 valence electrons. The van der Waals surface area contributed by atoms with Crippen molar-refractivity contribution in [3.8, 4) is 0 Å².